The van der Waals surface area contributed by atoms with Crippen LogP contribution in [-0.2, 0) is 0 Å². The number of ether oxygens (including phenoxy) is 1. The van der Waals surface area contributed by atoms with Crippen molar-refractivity contribution in [3.8, 4) is 5.75 Å². The minimum Gasteiger partial charge on any atom is -0.495 e. The van der Waals surface area contributed by atoms with Gasteiger partial charge in [-0.1, -0.05) is 17.7 Å². The summed E-state index contributed by atoms with van der Waals surface area (Å²) in [6.45, 7) is 4.09. The van der Waals surface area contributed by atoms with Gasteiger partial charge in [0, 0.05) is 12.1 Å². The van der Waals surface area contributed by atoms with Crippen molar-refractivity contribution in [3.63, 3.8) is 0 Å². The first-order chi connectivity index (χ1) is 11.2. The molecule has 1 aromatic carbocycles. The number of hydrogen-bond acceptors (Lipinski definition) is 3. The number of benzene rings is 1. The van der Waals surface area contributed by atoms with Crippen molar-refractivity contribution in [2.75, 3.05) is 26.7 Å². The normalized spacial score (nSPS) is 18.6. The second-order valence-corrected chi connectivity index (χ2v) is 6.81. The van der Waals surface area contributed by atoms with E-state index in [1.807, 2.05) is 26.0 Å². The zero-order valence-corrected chi connectivity index (χ0v) is 15.0. The number of nitrogens with one attached hydrogen (secondary N) is 1. The Balaban J connectivity index is 1.91. The van der Waals surface area contributed by atoms with E-state index in [0.717, 1.165) is 11.1 Å². The molecule has 1 atom stereocenters. The van der Waals surface area contributed by atoms with Crippen molar-refractivity contribution in [1.29, 1.82) is 0 Å². The fourth-order valence-electron chi connectivity index (χ4n) is 3.23. The zero-order chi connectivity index (χ0) is 17.9. The van der Waals surface area contributed by atoms with Gasteiger partial charge in [-0.25, -0.2) is 0 Å². The van der Waals surface area contributed by atoms with Crippen molar-refractivity contribution >= 4 is 11.6 Å². The maximum atomic E-state index is 12.4. The Morgan fingerprint density at radius 2 is 1.96 bits per heavy atom. The monoisotopic (exact) mass is 364 g/mol. The molecule has 1 heterocycles. The second-order valence-electron chi connectivity index (χ2n) is 6.41. The summed E-state index contributed by atoms with van der Waals surface area (Å²) >= 11 is 6.24. The quantitative estimate of drug-likeness (QED) is 0.841. The molecule has 1 aliphatic heterocycles. The third-order valence-corrected chi connectivity index (χ3v) is 4.71. The van der Waals surface area contributed by atoms with E-state index < -0.39 is 12.7 Å². The van der Waals surface area contributed by atoms with Gasteiger partial charge in [-0.3, -0.25) is 4.90 Å². The fraction of sp³-hybridized carbons (Fsp3) is 0.647. The Kier molecular flexibility index (Phi) is 6.39. The maximum Gasteiger partial charge on any atom is 0.401 e. The van der Waals surface area contributed by atoms with Gasteiger partial charge >= 0.3 is 6.18 Å². The predicted molar refractivity (Wildman–Crippen MR) is 89.8 cm³/mol. The van der Waals surface area contributed by atoms with Crippen LogP contribution in [0.15, 0.2) is 12.1 Å². The van der Waals surface area contributed by atoms with Crippen LogP contribution in [0.2, 0.25) is 5.02 Å². The number of aryl methyl sites for hydroxylation is 1. The third-order valence-electron chi connectivity index (χ3n) is 4.43. The first-order valence-electron chi connectivity index (χ1n) is 8.09. The van der Waals surface area contributed by atoms with Gasteiger partial charge in [0.05, 0.1) is 18.7 Å². The molecule has 1 saturated heterocycles. The van der Waals surface area contributed by atoms with E-state index in [1.54, 1.807) is 7.11 Å². The number of hydrogen-bond donors (Lipinski definition) is 1. The lowest BCUT2D eigenvalue weighted by atomic mass is 10.0. The predicted octanol–water partition coefficient (Wildman–Crippen LogP) is 4.33. The average Bonchev–Trinajstić information content (AvgIpc) is 2.47. The lowest BCUT2D eigenvalue weighted by Crippen LogP contribution is -2.46. The molecule has 0 bridgehead atoms. The van der Waals surface area contributed by atoms with Crippen molar-refractivity contribution in [2.45, 2.75) is 44.9 Å². The third kappa shape index (κ3) is 5.26. The summed E-state index contributed by atoms with van der Waals surface area (Å²) in [5, 5.41) is 4.07. The van der Waals surface area contributed by atoms with Gasteiger partial charge in [-0.2, -0.15) is 13.2 Å². The topological polar surface area (TPSA) is 24.5 Å². The summed E-state index contributed by atoms with van der Waals surface area (Å²) in [5.74, 6) is 0.674. The standard InChI is InChI=1S/C17H24ClF3N2O/c1-11-8-13(9-15(18)16(11)24-3)12(2)22-14-4-6-23(7-5-14)10-17(19,20)21/h8-9,12,14,22H,4-7,10H2,1-3H3. The molecule has 1 N–H and O–H groups in total. The number of likely N-dealkylation sites (tertiary alicyclic amines) is 1. The molecule has 136 valence electrons. The summed E-state index contributed by atoms with van der Waals surface area (Å²) in [7, 11) is 1.59. The zero-order valence-electron chi connectivity index (χ0n) is 14.2. The van der Waals surface area contributed by atoms with Gasteiger partial charge in [0.25, 0.3) is 0 Å². The van der Waals surface area contributed by atoms with Crippen LogP contribution in [0.4, 0.5) is 13.2 Å². The van der Waals surface area contributed by atoms with Gasteiger partial charge in [-0.05, 0) is 57.0 Å². The maximum absolute atomic E-state index is 12.4. The smallest absolute Gasteiger partial charge is 0.401 e. The minimum absolute atomic E-state index is 0.0753. The SMILES string of the molecule is COc1c(C)cc(C(C)NC2CCN(CC(F)(F)F)CC2)cc1Cl. The minimum atomic E-state index is -4.12. The number of nitrogens with zero attached hydrogens (tertiary/aromatic N) is 1. The van der Waals surface area contributed by atoms with E-state index in [1.165, 1.54) is 4.90 Å². The number of halogens is 4. The van der Waals surface area contributed by atoms with E-state index in [4.69, 9.17) is 16.3 Å². The van der Waals surface area contributed by atoms with Crippen LogP contribution in [0.3, 0.4) is 0 Å². The largest absolute Gasteiger partial charge is 0.495 e. The number of methoxy groups -OCH3 is 1. The summed E-state index contributed by atoms with van der Waals surface area (Å²) < 4.78 is 42.5. The number of rotatable bonds is 5. The lowest BCUT2D eigenvalue weighted by molar-refractivity contribution is -0.148. The van der Waals surface area contributed by atoms with Gasteiger partial charge in [0.2, 0.25) is 0 Å². The molecule has 3 nitrogen and oxygen atoms in total. The molecule has 1 unspecified atom stereocenters. The van der Waals surface area contributed by atoms with Crippen molar-refractivity contribution in [3.05, 3.63) is 28.3 Å². The van der Waals surface area contributed by atoms with E-state index in [9.17, 15) is 13.2 Å². The second kappa shape index (κ2) is 7.93. The molecular weight excluding hydrogens is 341 g/mol. The Bertz CT molecular complexity index is 534. The van der Waals surface area contributed by atoms with Crippen LogP contribution >= 0.6 is 11.6 Å². The van der Waals surface area contributed by atoms with Gasteiger partial charge < -0.3 is 10.1 Å². The number of alkyl halides is 3. The Labute approximate surface area is 146 Å². The molecule has 1 fully saturated rings. The molecule has 0 amide bonds. The molecule has 0 spiro atoms. The molecule has 0 saturated carbocycles. The van der Waals surface area contributed by atoms with Crippen LogP contribution in [0.1, 0.15) is 36.9 Å². The first-order valence-corrected chi connectivity index (χ1v) is 8.46. The van der Waals surface area contributed by atoms with Gasteiger partial charge in [0.15, 0.2) is 0 Å². The van der Waals surface area contributed by atoms with Crippen LogP contribution in [0.5, 0.6) is 5.75 Å². The molecule has 0 aromatic heterocycles. The van der Waals surface area contributed by atoms with E-state index in [0.29, 0.717) is 36.7 Å². The molecule has 0 radical (unpaired) electrons. The van der Waals surface area contributed by atoms with E-state index in [-0.39, 0.29) is 12.1 Å². The highest BCUT2D eigenvalue weighted by Gasteiger charge is 2.32. The molecule has 1 aromatic rings. The molecule has 1 aliphatic rings. The van der Waals surface area contributed by atoms with Crippen molar-refractivity contribution < 1.29 is 17.9 Å². The Morgan fingerprint density at radius 1 is 1.33 bits per heavy atom. The molecular formula is C17H24ClF3N2O. The molecule has 7 heteroatoms. The molecule has 24 heavy (non-hydrogen) atoms. The van der Waals surface area contributed by atoms with E-state index in [2.05, 4.69) is 5.32 Å². The summed E-state index contributed by atoms with van der Waals surface area (Å²) in [6.07, 6.45) is -2.70. The van der Waals surface area contributed by atoms with Crippen LogP contribution in [-0.4, -0.2) is 43.9 Å². The summed E-state index contributed by atoms with van der Waals surface area (Å²) in [5.41, 5.74) is 2.02. The van der Waals surface area contributed by atoms with Crippen LogP contribution < -0.4 is 10.1 Å². The van der Waals surface area contributed by atoms with Crippen LogP contribution in [0, 0.1) is 6.92 Å². The summed E-state index contributed by atoms with van der Waals surface area (Å²) in [4.78, 5) is 1.47. The lowest BCUT2D eigenvalue weighted by Gasteiger charge is -2.34. The van der Waals surface area contributed by atoms with Gasteiger partial charge in [0.1, 0.15) is 5.75 Å². The highest BCUT2D eigenvalue weighted by atomic mass is 35.5. The Hall–Kier alpha value is -0.980. The first kappa shape index (κ1) is 19.3. The van der Waals surface area contributed by atoms with Gasteiger partial charge in [-0.15, -0.1) is 0 Å². The average molecular weight is 365 g/mol. The van der Waals surface area contributed by atoms with Crippen molar-refractivity contribution in [1.82, 2.24) is 10.2 Å². The molecule has 2 rings (SSSR count). The number of piperidine rings is 1. The van der Waals surface area contributed by atoms with Crippen molar-refractivity contribution in [2.24, 2.45) is 0 Å². The van der Waals surface area contributed by atoms with E-state index >= 15 is 0 Å². The van der Waals surface area contributed by atoms with Crippen LogP contribution in [0.25, 0.3) is 0 Å². The Morgan fingerprint density at radius 3 is 2.46 bits per heavy atom. The highest BCUT2D eigenvalue weighted by molar-refractivity contribution is 6.32. The highest BCUT2D eigenvalue weighted by Crippen LogP contribution is 2.32. The molecule has 0 aliphatic carbocycles. The summed E-state index contributed by atoms with van der Waals surface area (Å²) in [6, 6.07) is 4.20. The fourth-order valence-corrected chi connectivity index (χ4v) is 3.58.